The van der Waals surface area contributed by atoms with Crippen LogP contribution < -0.4 is 5.32 Å². The number of phenols is 1. The lowest BCUT2D eigenvalue weighted by molar-refractivity contribution is 0.169. The number of fused-ring (bicyclic) bond motifs is 1. The SMILES string of the molecule is CN=C(NCc1c(O)ccc2c1CCCC2)N1CCN(Cc2ccon2)CC1.I. The predicted molar refractivity (Wildman–Crippen MR) is 124 cm³/mol. The van der Waals surface area contributed by atoms with Crippen LogP contribution >= 0.6 is 24.0 Å². The van der Waals surface area contributed by atoms with Crippen molar-refractivity contribution in [1.82, 2.24) is 20.3 Å². The van der Waals surface area contributed by atoms with Gasteiger partial charge in [0.15, 0.2) is 5.96 Å². The summed E-state index contributed by atoms with van der Waals surface area (Å²) in [7, 11) is 1.82. The van der Waals surface area contributed by atoms with Crippen molar-refractivity contribution in [3.63, 3.8) is 0 Å². The zero-order chi connectivity index (χ0) is 19.3. The second-order valence-corrected chi connectivity index (χ2v) is 7.56. The molecule has 1 aliphatic heterocycles. The van der Waals surface area contributed by atoms with Crippen LogP contribution in [0.2, 0.25) is 0 Å². The molecule has 4 rings (SSSR count). The number of nitrogens with zero attached hydrogens (tertiary/aromatic N) is 4. The molecule has 2 N–H and O–H groups in total. The van der Waals surface area contributed by atoms with E-state index in [1.54, 1.807) is 6.26 Å². The number of piperazine rings is 1. The number of aromatic nitrogens is 1. The van der Waals surface area contributed by atoms with Gasteiger partial charge in [0.1, 0.15) is 12.0 Å². The van der Waals surface area contributed by atoms with E-state index in [1.165, 1.54) is 24.0 Å². The van der Waals surface area contributed by atoms with Gasteiger partial charge in [0, 0.05) is 57.9 Å². The molecule has 29 heavy (non-hydrogen) atoms. The smallest absolute Gasteiger partial charge is 0.194 e. The molecule has 1 aromatic carbocycles. The Morgan fingerprint density at radius 1 is 1.17 bits per heavy atom. The molecule has 2 heterocycles. The van der Waals surface area contributed by atoms with Crippen molar-refractivity contribution in [2.24, 2.45) is 4.99 Å². The van der Waals surface area contributed by atoms with Gasteiger partial charge in [-0.1, -0.05) is 11.2 Å². The van der Waals surface area contributed by atoms with E-state index in [0.29, 0.717) is 12.3 Å². The molecule has 158 valence electrons. The fourth-order valence-electron chi connectivity index (χ4n) is 4.25. The largest absolute Gasteiger partial charge is 0.508 e. The Labute approximate surface area is 189 Å². The van der Waals surface area contributed by atoms with Gasteiger partial charge in [-0.15, -0.1) is 24.0 Å². The van der Waals surface area contributed by atoms with E-state index in [0.717, 1.165) is 62.8 Å². The number of guanidine groups is 1. The molecule has 1 aromatic heterocycles. The Balaban J connectivity index is 0.00000240. The summed E-state index contributed by atoms with van der Waals surface area (Å²) < 4.78 is 4.92. The summed E-state index contributed by atoms with van der Waals surface area (Å²) in [6.45, 7) is 5.17. The number of aryl methyl sites for hydroxylation is 1. The van der Waals surface area contributed by atoms with Gasteiger partial charge in [0.2, 0.25) is 0 Å². The highest BCUT2D eigenvalue weighted by Crippen LogP contribution is 2.30. The molecule has 2 aliphatic rings. The summed E-state index contributed by atoms with van der Waals surface area (Å²) in [5, 5.41) is 17.9. The standard InChI is InChI=1S/C21H29N5O2.HI/c1-22-21(26-11-9-25(10-12-26)15-17-8-13-28-24-17)23-14-19-18-5-3-2-4-16(18)6-7-20(19)27;/h6-8,13,27H,2-5,9-12,14-15H2,1H3,(H,22,23);1H. The van der Waals surface area contributed by atoms with E-state index in [1.807, 2.05) is 19.2 Å². The molecule has 8 heteroatoms. The first-order valence-corrected chi connectivity index (χ1v) is 10.1. The molecule has 1 saturated heterocycles. The topological polar surface area (TPSA) is 77.1 Å². The van der Waals surface area contributed by atoms with E-state index < -0.39 is 0 Å². The summed E-state index contributed by atoms with van der Waals surface area (Å²) in [5.41, 5.74) is 4.72. The first-order chi connectivity index (χ1) is 13.7. The lowest BCUT2D eigenvalue weighted by Crippen LogP contribution is -2.52. The zero-order valence-corrected chi connectivity index (χ0v) is 19.3. The third kappa shape index (κ3) is 5.22. The van der Waals surface area contributed by atoms with Crippen molar-refractivity contribution in [3.8, 4) is 5.75 Å². The van der Waals surface area contributed by atoms with Crippen molar-refractivity contribution < 1.29 is 9.63 Å². The second kappa shape index (κ2) is 10.3. The van der Waals surface area contributed by atoms with Gasteiger partial charge in [-0.25, -0.2) is 0 Å². The Hall–Kier alpha value is -1.81. The van der Waals surface area contributed by atoms with E-state index in [9.17, 15) is 5.11 Å². The number of aromatic hydroxyl groups is 1. The maximum Gasteiger partial charge on any atom is 0.194 e. The van der Waals surface area contributed by atoms with Crippen LogP contribution in [0.5, 0.6) is 5.75 Å². The molecule has 0 bridgehead atoms. The van der Waals surface area contributed by atoms with Gasteiger partial charge in [0.25, 0.3) is 0 Å². The van der Waals surface area contributed by atoms with Gasteiger partial charge < -0.3 is 19.8 Å². The van der Waals surface area contributed by atoms with Crippen LogP contribution in [0.4, 0.5) is 0 Å². The number of hydrogen-bond acceptors (Lipinski definition) is 5. The monoisotopic (exact) mass is 511 g/mol. The maximum atomic E-state index is 10.4. The Kier molecular flexibility index (Phi) is 7.77. The molecule has 1 fully saturated rings. The highest BCUT2D eigenvalue weighted by molar-refractivity contribution is 14.0. The number of rotatable bonds is 4. The minimum atomic E-state index is 0. The minimum Gasteiger partial charge on any atom is -0.508 e. The summed E-state index contributed by atoms with van der Waals surface area (Å²) in [6.07, 6.45) is 6.23. The predicted octanol–water partition coefficient (Wildman–Crippen LogP) is 2.77. The minimum absolute atomic E-state index is 0. The lowest BCUT2D eigenvalue weighted by Gasteiger charge is -2.36. The lowest BCUT2D eigenvalue weighted by atomic mass is 9.88. The van der Waals surface area contributed by atoms with Gasteiger partial charge in [-0.05, 0) is 42.9 Å². The van der Waals surface area contributed by atoms with Crippen LogP contribution in [0.3, 0.4) is 0 Å². The van der Waals surface area contributed by atoms with Crippen molar-refractivity contribution in [3.05, 3.63) is 46.8 Å². The molecular formula is C21H30IN5O2. The normalized spacial score (nSPS) is 17.6. The zero-order valence-electron chi connectivity index (χ0n) is 16.9. The molecular weight excluding hydrogens is 481 g/mol. The molecule has 1 aliphatic carbocycles. The molecule has 0 unspecified atom stereocenters. The van der Waals surface area contributed by atoms with Crippen LogP contribution in [-0.2, 0) is 25.9 Å². The van der Waals surface area contributed by atoms with Crippen LogP contribution in [0.25, 0.3) is 0 Å². The molecule has 0 radical (unpaired) electrons. The van der Waals surface area contributed by atoms with Crippen molar-refractivity contribution in [1.29, 1.82) is 0 Å². The third-order valence-corrected chi connectivity index (χ3v) is 5.81. The van der Waals surface area contributed by atoms with E-state index >= 15 is 0 Å². The Morgan fingerprint density at radius 3 is 2.69 bits per heavy atom. The number of hydrogen-bond donors (Lipinski definition) is 2. The van der Waals surface area contributed by atoms with E-state index in [2.05, 4.69) is 31.3 Å². The average molecular weight is 511 g/mol. The molecule has 2 aromatic rings. The van der Waals surface area contributed by atoms with E-state index in [-0.39, 0.29) is 24.0 Å². The number of benzene rings is 1. The number of nitrogens with one attached hydrogen (secondary N) is 1. The van der Waals surface area contributed by atoms with Gasteiger partial charge in [0.05, 0.1) is 5.69 Å². The highest BCUT2D eigenvalue weighted by Gasteiger charge is 2.21. The van der Waals surface area contributed by atoms with Gasteiger partial charge in [-0.3, -0.25) is 9.89 Å². The molecule has 0 saturated carbocycles. The Bertz CT molecular complexity index is 817. The fraction of sp³-hybridized carbons (Fsp3) is 0.524. The maximum absolute atomic E-state index is 10.4. The molecule has 7 nitrogen and oxygen atoms in total. The molecule has 0 spiro atoms. The summed E-state index contributed by atoms with van der Waals surface area (Å²) in [4.78, 5) is 9.13. The van der Waals surface area contributed by atoms with E-state index in [4.69, 9.17) is 4.52 Å². The van der Waals surface area contributed by atoms with Crippen molar-refractivity contribution in [2.75, 3.05) is 33.2 Å². The second-order valence-electron chi connectivity index (χ2n) is 7.56. The van der Waals surface area contributed by atoms with Crippen LogP contribution in [0, 0.1) is 0 Å². The number of aliphatic imine (C=N–C) groups is 1. The molecule has 0 amide bonds. The summed E-state index contributed by atoms with van der Waals surface area (Å²) in [6, 6.07) is 5.84. The summed E-state index contributed by atoms with van der Waals surface area (Å²) in [5.74, 6) is 1.29. The summed E-state index contributed by atoms with van der Waals surface area (Å²) >= 11 is 0. The van der Waals surface area contributed by atoms with Crippen molar-refractivity contribution in [2.45, 2.75) is 38.8 Å². The van der Waals surface area contributed by atoms with Gasteiger partial charge in [-0.2, -0.15) is 0 Å². The van der Waals surface area contributed by atoms with Crippen LogP contribution in [-0.4, -0.2) is 59.2 Å². The average Bonchev–Trinajstić information content (AvgIpc) is 3.24. The first-order valence-electron chi connectivity index (χ1n) is 10.1. The first kappa shape index (κ1) is 21.9. The Morgan fingerprint density at radius 2 is 1.97 bits per heavy atom. The fourth-order valence-corrected chi connectivity index (χ4v) is 4.25. The van der Waals surface area contributed by atoms with Gasteiger partial charge >= 0.3 is 0 Å². The van der Waals surface area contributed by atoms with Crippen LogP contribution in [0.15, 0.2) is 34.0 Å². The third-order valence-electron chi connectivity index (χ3n) is 5.81. The highest BCUT2D eigenvalue weighted by atomic mass is 127. The number of halogens is 1. The number of phenolic OH excluding ortho intramolecular Hbond substituents is 1. The van der Waals surface area contributed by atoms with Crippen LogP contribution in [0.1, 0.15) is 35.2 Å². The van der Waals surface area contributed by atoms with Crippen molar-refractivity contribution >= 4 is 29.9 Å². The molecule has 0 atom stereocenters. The quantitative estimate of drug-likeness (QED) is 0.374.